The molecule has 0 radical (unpaired) electrons. The van der Waals surface area contributed by atoms with Gasteiger partial charge in [-0.05, 0) is 49.6 Å². The van der Waals surface area contributed by atoms with Crippen LogP contribution in [0.1, 0.15) is 29.7 Å². The number of nitrogens with zero attached hydrogens (tertiary/aromatic N) is 1. The highest BCUT2D eigenvalue weighted by Gasteiger charge is 2.08. The van der Waals surface area contributed by atoms with Gasteiger partial charge in [-0.25, -0.2) is 4.39 Å². The maximum Gasteiger partial charge on any atom is 0.191 e. The van der Waals surface area contributed by atoms with Crippen LogP contribution in [0.25, 0.3) is 0 Å². The summed E-state index contributed by atoms with van der Waals surface area (Å²) in [7, 11) is 1.67. The lowest BCUT2D eigenvalue weighted by Gasteiger charge is -2.14. The highest BCUT2D eigenvalue weighted by Crippen LogP contribution is 2.19. The van der Waals surface area contributed by atoms with Crippen molar-refractivity contribution < 1.29 is 14.2 Å². The van der Waals surface area contributed by atoms with Crippen LogP contribution in [0.2, 0.25) is 0 Å². The lowest BCUT2D eigenvalue weighted by Crippen LogP contribution is -2.38. The number of rotatable bonds is 8. The predicted molar refractivity (Wildman–Crippen MR) is 107 cm³/mol. The average molecular weight is 373 g/mol. The van der Waals surface area contributed by atoms with Gasteiger partial charge in [0.2, 0.25) is 0 Å². The number of ether oxygens (including phenoxy) is 1. The van der Waals surface area contributed by atoms with Crippen molar-refractivity contribution in [2.75, 3.05) is 26.7 Å². The van der Waals surface area contributed by atoms with Gasteiger partial charge in [0.05, 0.1) is 19.8 Å². The van der Waals surface area contributed by atoms with Crippen molar-refractivity contribution >= 4 is 5.96 Å². The Morgan fingerprint density at radius 2 is 1.93 bits per heavy atom. The quantitative estimate of drug-likeness (QED) is 0.492. The van der Waals surface area contributed by atoms with Gasteiger partial charge in [-0.15, -0.1) is 0 Å². The third-order valence-electron chi connectivity index (χ3n) is 4.14. The maximum atomic E-state index is 13.0. The summed E-state index contributed by atoms with van der Waals surface area (Å²) in [5.41, 5.74) is 2.96. The van der Waals surface area contributed by atoms with Crippen LogP contribution in [-0.2, 0) is 6.42 Å². The van der Waals surface area contributed by atoms with Crippen LogP contribution in [0.3, 0.4) is 0 Å². The Morgan fingerprint density at radius 3 is 2.59 bits per heavy atom. The van der Waals surface area contributed by atoms with E-state index in [2.05, 4.69) is 28.6 Å². The van der Waals surface area contributed by atoms with E-state index in [-0.39, 0.29) is 12.4 Å². The second-order valence-electron chi connectivity index (χ2n) is 6.28. The summed E-state index contributed by atoms with van der Waals surface area (Å²) in [6.45, 7) is 5.62. The van der Waals surface area contributed by atoms with Crippen molar-refractivity contribution in [2.45, 2.75) is 26.4 Å². The highest BCUT2D eigenvalue weighted by atomic mass is 19.1. The van der Waals surface area contributed by atoms with Gasteiger partial charge in [-0.1, -0.05) is 29.8 Å². The lowest BCUT2D eigenvalue weighted by molar-refractivity contribution is 0.187. The molecule has 2 aromatic carbocycles. The van der Waals surface area contributed by atoms with Gasteiger partial charge in [0.1, 0.15) is 11.6 Å². The Labute approximate surface area is 160 Å². The average Bonchev–Trinajstić information content (AvgIpc) is 2.66. The number of aryl methyl sites for hydroxylation is 1. The van der Waals surface area contributed by atoms with Crippen LogP contribution in [0, 0.1) is 12.7 Å². The minimum atomic E-state index is -0.780. The Kier molecular flexibility index (Phi) is 8.07. The summed E-state index contributed by atoms with van der Waals surface area (Å²) in [5.74, 6) is 1.18. The predicted octanol–water partition coefficient (Wildman–Crippen LogP) is 2.97. The fraction of sp³-hybridized carbons (Fsp3) is 0.381. The Bertz CT molecular complexity index is 748. The van der Waals surface area contributed by atoms with Gasteiger partial charge < -0.3 is 20.5 Å². The molecule has 0 fully saturated rings. The SMILES string of the molecule is CCNC(=NCC(O)c1ccc(F)cc1)NCCc1cc(C)ccc1OC. The van der Waals surface area contributed by atoms with E-state index in [1.54, 1.807) is 19.2 Å². The fourth-order valence-electron chi connectivity index (χ4n) is 2.73. The summed E-state index contributed by atoms with van der Waals surface area (Å²) < 4.78 is 18.4. The van der Waals surface area contributed by atoms with E-state index in [4.69, 9.17) is 4.74 Å². The summed E-state index contributed by atoms with van der Waals surface area (Å²) in [5, 5.41) is 16.7. The van der Waals surface area contributed by atoms with E-state index in [9.17, 15) is 9.50 Å². The first-order valence-electron chi connectivity index (χ1n) is 9.12. The van der Waals surface area contributed by atoms with Gasteiger partial charge in [-0.3, -0.25) is 4.99 Å². The van der Waals surface area contributed by atoms with Crippen molar-refractivity contribution in [3.05, 3.63) is 65.0 Å². The molecule has 0 saturated heterocycles. The summed E-state index contributed by atoms with van der Waals surface area (Å²) in [6, 6.07) is 11.9. The van der Waals surface area contributed by atoms with Gasteiger partial charge >= 0.3 is 0 Å². The first-order chi connectivity index (χ1) is 13.0. The molecule has 3 N–H and O–H groups in total. The first-order valence-corrected chi connectivity index (χ1v) is 9.12. The molecule has 0 aromatic heterocycles. The number of nitrogens with one attached hydrogen (secondary N) is 2. The van der Waals surface area contributed by atoms with Gasteiger partial charge in [0, 0.05) is 13.1 Å². The maximum absolute atomic E-state index is 13.0. The Morgan fingerprint density at radius 1 is 1.19 bits per heavy atom. The monoisotopic (exact) mass is 373 g/mol. The lowest BCUT2D eigenvalue weighted by atomic mass is 10.1. The van der Waals surface area contributed by atoms with E-state index in [0.29, 0.717) is 24.6 Å². The van der Waals surface area contributed by atoms with Gasteiger partial charge in [-0.2, -0.15) is 0 Å². The van der Waals surface area contributed by atoms with Crippen molar-refractivity contribution in [3.63, 3.8) is 0 Å². The van der Waals surface area contributed by atoms with Crippen LogP contribution in [0.5, 0.6) is 5.75 Å². The number of halogens is 1. The Balaban J connectivity index is 1.93. The highest BCUT2D eigenvalue weighted by molar-refractivity contribution is 5.79. The number of benzene rings is 2. The topological polar surface area (TPSA) is 65.9 Å². The van der Waals surface area contributed by atoms with Crippen LogP contribution in [0.15, 0.2) is 47.5 Å². The third-order valence-corrected chi connectivity index (χ3v) is 4.14. The van der Waals surface area contributed by atoms with Crippen molar-refractivity contribution in [3.8, 4) is 5.75 Å². The van der Waals surface area contributed by atoms with E-state index in [0.717, 1.165) is 17.7 Å². The minimum Gasteiger partial charge on any atom is -0.496 e. The molecule has 0 saturated carbocycles. The molecule has 0 aliphatic carbocycles. The van der Waals surface area contributed by atoms with E-state index in [1.165, 1.54) is 17.7 Å². The molecular weight excluding hydrogens is 345 g/mol. The smallest absolute Gasteiger partial charge is 0.191 e. The molecule has 0 aliphatic heterocycles. The second-order valence-corrected chi connectivity index (χ2v) is 6.28. The number of aliphatic hydroxyl groups is 1. The largest absolute Gasteiger partial charge is 0.496 e. The molecule has 1 unspecified atom stereocenters. The van der Waals surface area contributed by atoms with E-state index >= 15 is 0 Å². The summed E-state index contributed by atoms with van der Waals surface area (Å²) in [6.07, 6.45) is 0.00778. The molecule has 0 aliphatic rings. The molecule has 0 amide bonds. The molecular formula is C21H28FN3O2. The standard InChI is InChI=1S/C21H28FN3O2/c1-4-23-21(25-14-19(26)16-6-8-18(22)9-7-16)24-12-11-17-13-15(2)5-10-20(17)27-3/h5-10,13,19,26H,4,11-12,14H2,1-3H3,(H2,23,24,25). The molecule has 2 rings (SSSR count). The van der Waals surface area contributed by atoms with Crippen molar-refractivity contribution in [2.24, 2.45) is 4.99 Å². The van der Waals surface area contributed by atoms with E-state index < -0.39 is 6.10 Å². The van der Waals surface area contributed by atoms with Crippen molar-refractivity contribution in [1.82, 2.24) is 10.6 Å². The molecule has 5 nitrogen and oxygen atoms in total. The molecule has 1 atom stereocenters. The second kappa shape index (κ2) is 10.5. The van der Waals surface area contributed by atoms with Crippen LogP contribution in [-0.4, -0.2) is 37.8 Å². The van der Waals surface area contributed by atoms with Crippen LogP contribution in [0.4, 0.5) is 4.39 Å². The first kappa shape index (κ1) is 20.7. The van der Waals surface area contributed by atoms with Crippen molar-refractivity contribution in [1.29, 1.82) is 0 Å². The molecule has 0 spiro atoms. The van der Waals surface area contributed by atoms with Crippen LogP contribution < -0.4 is 15.4 Å². The Hall–Kier alpha value is -2.60. The number of methoxy groups -OCH3 is 1. The number of guanidine groups is 1. The zero-order chi connectivity index (χ0) is 19.6. The summed E-state index contributed by atoms with van der Waals surface area (Å²) in [4.78, 5) is 4.42. The summed E-state index contributed by atoms with van der Waals surface area (Å²) >= 11 is 0. The number of aliphatic imine (C=N–C) groups is 1. The minimum absolute atomic E-state index is 0.189. The molecule has 0 heterocycles. The van der Waals surface area contributed by atoms with Gasteiger partial charge in [0.15, 0.2) is 5.96 Å². The number of hydrogen-bond acceptors (Lipinski definition) is 3. The van der Waals surface area contributed by atoms with Crippen LogP contribution >= 0.6 is 0 Å². The van der Waals surface area contributed by atoms with E-state index in [1.807, 2.05) is 19.1 Å². The zero-order valence-electron chi connectivity index (χ0n) is 16.1. The molecule has 0 bridgehead atoms. The third kappa shape index (κ3) is 6.57. The normalized spacial score (nSPS) is 12.6. The molecule has 27 heavy (non-hydrogen) atoms. The number of hydrogen-bond donors (Lipinski definition) is 3. The fourth-order valence-corrected chi connectivity index (χ4v) is 2.73. The zero-order valence-corrected chi connectivity index (χ0v) is 16.1. The van der Waals surface area contributed by atoms with Gasteiger partial charge in [0.25, 0.3) is 0 Å². The molecule has 6 heteroatoms. The molecule has 146 valence electrons. The number of aliphatic hydroxyl groups excluding tert-OH is 1. The molecule has 2 aromatic rings.